The molecule has 0 atom stereocenters. The van der Waals surface area contributed by atoms with Crippen LogP contribution in [0.5, 0.6) is 0 Å². The van der Waals surface area contributed by atoms with Crippen molar-refractivity contribution in [3.8, 4) is 0 Å². The molecule has 3 heteroatoms. The maximum atomic E-state index is 12.0. The van der Waals surface area contributed by atoms with Crippen LogP contribution in [0.25, 0.3) is 0 Å². The number of carbonyl (C=O) groups excluding carboxylic acids is 1. The highest BCUT2D eigenvalue weighted by Gasteiger charge is 2.26. The predicted octanol–water partition coefficient (Wildman–Crippen LogP) is 3.10. The molecular formula is C14H19NO2. The second-order valence-corrected chi connectivity index (χ2v) is 5.62. The average molecular weight is 233 g/mol. The summed E-state index contributed by atoms with van der Waals surface area (Å²) in [7, 11) is 0. The third kappa shape index (κ3) is 2.99. The van der Waals surface area contributed by atoms with Gasteiger partial charge in [0, 0.05) is 5.69 Å². The van der Waals surface area contributed by atoms with Crippen molar-refractivity contribution in [1.29, 1.82) is 0 Å². The predicted molar refractivity (Wildman–Crippen MR) is 68.0 cm³/mol. The fourth-order valence-corrected chi connectivity index (χ4v) is 1.75. The summed E-state index contributed by atoms with van der Waals surface area (Å²) in [6.07, 6.45) is 2.41. The summed E-state index contributed by atoms with van der Waals surface area (Å²) in [5, 5.41) is 0. The SMILES string of the molecule is CC(C)(C)OC(=O)c1cc(C2CC2)ccc1N. The van der Waals surface area contributed by atoms with Gasteiger partial charge in [-0.25, -0.2) is 4.79 Å². The summed E-state index contributed by atoms with van der Waals surface area (Å²) in [6.45, 7) is 5.56. The van der Waals surface area contributed by atoms with Crippen LogP contribution in [0.2, 0.25) is 0 Å². The Bertz CT molecular complexity index is 442. The number of hydrogen-bond donors (Lipinski definition) is 1. The van der Waals surface area contributed by atoms with Crippen LogP contribution in [0.3, 0.4) is 0 Å². The van der Waals surface area contributed by atoms with E-state index in [0.717, 1.165) is 0 Å². The van der Waals surface area contributed by atoms with Crippen LogP contribution in [-0.4, -0.2) is 11.6 Å². The van der Waals surface area contributed by atoms with E-state index in [-0.39, 0.29) is 5.97 Å². The normalized spacial score (nSPS) is 15.7. The first kappa shape index (κ1) is 12.0. The molecule has 92 valence electrons. The highest BCUT2D eigenvalue weighted by atomic mass is 16.6. The van der Waals surface area contributed by atoms with Crippen LogP contribution in [0, 0.1) is 0 Å². The second kappa shape index (κ2) is 4.06. The van der Waals surface area contributed by atoms with E-state index < -0.39 is 5.60 Å². The molecule has 0 heterocycles. The average Bonchev–Trinajstić information content (AvgIpc) is 2.99. The van der Waals surface area contributed by atoms with Crippen molar-refractivity contribution in [3.63, 3.8) is 0 Å². The number of nitrogens with two attached hydrogens (primary N) is 1. The Hall–Kier alpha value is -1.51. The standard InChI is InChI=1S/C14H19NO2/c1-14(2,3)17-13(16)11-8-10(9-4-5-9)6-7-12(11)15/h6-9H,4-5,15H2,1-3H3. The highest BCUT2D eigenvalue weighted by Crippen LogP contribution is 2.40. The molecule has 0 aliphatic heterocycles. The van der Waals surface area contributed by atoms with Crippen LogP contribution >= 0.6 is 0 Å². The van der Waals surface area contributed by atoms with Crippen molar-refractivity contribution in [2.45, 2.75) is 45.1 Å². The topological polar surface area (TPSA) is 52.3 Å². The highest BCUT2D eigenvalue weighted by molar-refractivity contribution is 5.95. The van der Waals surface area contributed by atoms with E-state index in [0.29, 0.717) is 17.2 Å². The largest absolute Gasteiger partial charge is 0.456 e. The van der Waals surface area contributed by atoms with E-state index in [1.165, 1.54) is 18.4 Å². The van der Waals surface area contributed by atoms with Gasteiger partial charge in [-0.1, -0.05) is 6.07 Å². The summed E-state index contributed by atoms with van der Waals surface area (Å²) in [4.78, 5) is 12.0. The molecule has 1 fully saturated rings. The molecule has 0 unspecified atom stereocenters. The number of nitrogen functional groups attached to an aromatic ring is 1. The number of ether oxygens (including phenoxy) is 1. The molecule has 17 heavy (non-hydrogen) atoms. The summed E-state index contributed by atoms with van der Waals surface area (Å²) < 4.78 is 5.34. The molecule has 0 spiro atoms. The van der Waals surface area contributed by atoms with Crippen molar-refractivity contribution in [1.82, 2.24) is 0 Å². The minimum Gasteiger partial charge on any atom is -0.456 e. The van der Waals surface area contributed by atoms with Gasteiger partial charge in [-0.05, 0) is 57.2 Å². The zero-order valence-corrected chi connectivity index (χ0v) is 10.6. The quantitative estimate of drug-likeness (QED) is 0.630. The minimum absolute atomic E-state index is 0.336. The van der Waals surface area contributed by atoms with Crippen LogP contribution in [0.15, 0.2) is 18.2 Å². The molecule has 2 rings (SSSR count). The Morgan fingerprint density at radius 2 is 2.00 bits per heavy atom. The molecule has 1 aromatic rings. The molecule has 0 bridgehead atoms. The number of hydrogen-bond acceptors (Lipinski definition) is 3. The number of benzene rings is 1. The summed E-state index contributed by atoms with van der Waals surface area (Å²) >= 11 is 0. The summed E-state index contributed by atoms with van der Waals surface area (Å²) in [6, 6.07) is 5.68. The zero-order valence-electron chi connectivity index (χ0n) is 10.6. The van der Waals surface area contributed by atoms with Gasteiger partial charge in [-0.3, -0.25) is 0 Å². The molecule has 0 saturated heterocycles. The van der Waals surface area contributed by atoms with Gasteiger partial charge in [0.25, 0.3) is 0 Å². The summed E-state index contributed by atoms with van der Waals surface area (Å²) in [5.74, 6) is 0.272. The van der Waals surface area contributed by atoms with Crippen molar-refractivity contribution in [3.05, 3.63) is 29.3 Å². The first-order valence-electron chi connectivity index (χ1n) is 5.99. The Labute approximate surface area is 102 Å². The lowest BCUT2D eigenvalue weighted by Gasteiger charge is -2.20. The molecular weight excluding hydrogens is 214 g/mol. The Kier molecular flexibility index (Phi) is 2.86. The molecule has 2 N–H and O–H groups in total. The second-order valence-electron chi connectivity index (χ2n) is 5.62. The van der Waals surface area contributed by atoms with Crippen molar-refractivity contribution < 1.29 is 9.53 Å². The van der Waals surface area contributed by atoms with Crippen molar-refractivity contribution in [2.24, 2.45) is 0 Å². The van der Waals surface area contributed by atoms with Crippen LogP contribution < -0.4 is 5.73 Å². The molecule has 3 nitrogen and oxygen atoms in total. The Morgan fingerprint density at radius 3 is 2.53 bits per heavy atom. The van der Waals surface area contributed by atoms with Crippen LogP contribution in [-0.2, 0) is 4.74 Å². The monoisotopic (exact) mass is 233 g/mol. The van der Waals surface area contributed by atoms with Gasteiger partial charge in [-0.15, -0.1) is 0 Å². The van der Waals surface area contributed by atoms with Gasteiger partial charge in [0.1, 0.15) is 5.60 Å². The lowest BCUT2D eigenvalue weighted by molar-refractivity contribution is 0.00707. The number of rotatable bonds is 2. The number of carbonyl (C=O) groups is 1. The van der Waals surface area contributed by atoms with E-state index >= 15 is 0 Å². The molecule has 0 aromatic heterocycles. The van der Waals surface area contributed by atoms with Gasteiger partial charge in [0.2, 0.25) is 0 Å². The first-order chi connectivity index (χ1) is 7.87. The van der Waals surface area contributed by atoms with Crippen molar-refractivity contribution in [2.75, 3.05) is 5.73 Å². The maximum absolute atomic E-state index is 12.0. The van der Waals surface area contributed by atoms with Gasteiger partial charge in [-0.2, -0.15) is 0 Å². The van der Waals surface area contributed by atoms with Crippen LogP contribution in [0.4, 0.5) is 5.69 Å². The van der Waals surface area contributed by atoms with Crippen LogP contribution in [0.1, 0.15) is 55.5 Å². The van der Waals surface area contributed by atoms with Gasteiger partial charge in [0.05, 0.1) is 5.56 Å². The lowest BCUT2D eigenvalue weighted by atomic mass is 10.1. The Balaban J connectivity index is 2.24. The van der Waals surface area contributed by atoms with Gasteiger partial charge < -0.3 is 10.5 Å². The van der Waals surface area contributed by atoms with E-state index in [1.54, 1.807) is 6.07 Å². The fourth-order valence-electron chi connectivity index (χ4n) is 1.75. The van der Waals surface area contributed by atoms with E-state index in [9.17, 15) is 4.79 Å². The first-order valence-corrected chi connectivity index (χ1v) is 5.99. The molecule has 1 aliphatic carbocycles. The molecule has 0 radical (unpaired) electrons. The fraction of sp³-hybridized carbons (Fsp3) is 0.500. The molecule has 1 saturated carbocycles. The van der Waals surface area contributed by atoms with Crippen molar-refractivity contribution >= 4 is 11.7 Å². The molecule has 1 aliphatic rings. The number of anilines is 1. The third-order valence-corrected chi connectivity index (χ3v) is 2.74. The van der Waals surface area contributed by atoms with E-state index in [2.05, 4.69) is 0 Å². The maximum Gasteiger partial charge on any atom is 0.340 e. The molecule has 1 aromatic carbocycles. The van der Waals surface area contributed by atoms with E-state index in [4.69, 9.17) is 10.5 Å². The smallest absolute Gasteiger partial charge is 0.340 e. The zero-order chi connectivity index (χ0) is 12.6. The van der Waals surface area contributed by atoms with E-state index in [1.807, 2.05) is 32.9 Å². The molecule has 0 amide bonds. The third-order valence-electron chi connectivity index (χ3n) is 2.74. The van der Waals surface area contributed by atoms with Gasteiger partial charge in [0.15, 0.2) is 0 Å². The summed E-state index contributed by atoms with van der Waals surface area (Å²) in [5.41, 5.74) is 7.52. The lowest BCUT2D eigenvalue weighted by Crippen LogP contribution is -2.24. The minimum atomic E-state index is -0.487. The van der Waals surface area contributed by atoms with Gasteiger partial charge >= 0.3 is 5.97 Å². The number of esters is 1. The Morgan fingerprint density at radius 1 is 1.35 bits per heavy atom.